The predicted octanol–water partition coefficient (Wildman–Crippen LogP) is 3.73. The predicted molar refractivity (Wildman–Crippen MR) is 87.0 cm³/mol. The van der Waals surface area contributed by atoms with E-state index in [4.69, 9.17) is 5.11 Å². The molecule has 0 unspecified atom stereocenters. The molecule has 0 heterocycles. The molecule has 0 saturated carbocycles. The highest BCUT2D eigenvalue weighted by molar-refractivity contribution is 5.89. The van der Waals surface area contributed by atoms with Gasteiger partial charge in [0.05, 0.1) is 5.56 Å². The van der Waals surface area contributed by atoms with Crippen molar-refractivity contribution in [2.75, 3.05) is 5.32 Å². The number of aromatic carboxylic acids is 1. The van der Waals surface area contributed by atoms with Crippen LogP contribution in [-0.4, -0.2) is 17.1 Å². The first kappa shape index (κ1) is 17.2. The van der Waals surface area contributed by atoms with E-state index in [1.165, 1.54) is 12.1 Å². The zero-order valence-electron chi connectivity index (χ0n) is 12.7. The van der Waals surface area contributed by atoms with Crippen LogP contribution in [-0.2, 0) is 6.54 Å². The molecule has 0 aliphatic carbocycles. The van der Waals surface area contributed by atoms with Gasteiger partial charge in [0.25, 0.3) is 0 Å². The second-order valence-electron chi connectivity index (χ2n) is 4.18. The highest BCUT2D eigenvalue weighted by atomic mass is 16.4. The minimum atomic E-state index is -0.986. The Balaban J connectivity index is 0.00000116. The van der Waals surface area contributed by atoms with Gasteiger partial charge < -0.3 is 15.7 Å². The van der Waals surface area contributed by atoms with Crippen molar-refractivity contribution in [3.63, 3.8) is 0 Å². The molecule has 5 heteroatoms. The van der Waals surface area contributed by atoms with Crippen molar-refractivity contribution in [2.24, 2.45) is 0 Å². The van der Waals surface area contributed by atoms with Gasteiger partial charge in [-0.15, -0.1) is 0 Å². The summed E-state index contributed by atoms with van der Waals surface area (Å²) >= 11 is 0. The number of rotatable bonds is 4. The molecule has 2 aromatic rings. The van der Waals surface area contributed by atoms with Gasteiger partial charge in [-0.25, -0.2) is 9.59 Å². The number of carboxylic acids is 1. The number of para-hydroxylation sites is 1. The van der Waals surface area contributed by atoms with Crippen LogP contribution in [0.5, 0.6) is 0 Å². The fourth-order valence-corrected chi connectivity index (χ4v) is 1.69. The first-order valence-electron chi connectivity index (χ1n) is 7.07. The molecule has 0 saturated heterocycles. The zero-order valence-corrected chi connectivity index (χ0v) is 12.7. The van der Waals surface area contributed by atoms with Crippen molar-refractivity contribution in [2.45, 2.75) is 20.4 Å². The fourth-order valence-electron chi connectivity index (χ4n) is 1.69. The number of anilines is 1. The molecule has 0 spiro atoms. The van der Waals surface area contributed by atoms with Gasteiger partial charge in [0.2, 0.25) is 0 Å². The molecule has 2 amide bonds. The summed E-state index contributed by atoms with van der Waals surface area (Å²) in [5, 5.41) is 14.2. The Hall–Kier alpha value is -2.82. The molecule has 0 atom stereocenters. The van der Waals surface area contributed by atoms with Crippen LogP contribution in [0.3, 0.4) is 0 Å². The summed E-state index contributed by atoms with van der Waals surface area (Å²) in [6.07, 6.45) is 0. The van der Waals surface area contributed by atoms with Gasteiger partial charge in [0, 0.05) is 12.2 Å². The van der Waals surface area contributed by atoms with E-state index < -0.39 is 5.97 Å². The number of hydrogen-bond donors (Lipinski definition) is 3. The lowest BCUT2D eigenvalue weighted by Gasteiger charge is -2.08. The summed E-state index contributed by atoms with van der Waals surface area (Å²) in [6.45, 7) is 4.26. The van der Waals surface area contributed by atoms with Gasteiger partial charge in [-0.3, -0.25) is 0 Å². The van der Waals surface area contributed by atoms with E-state index in [2.05, 4.69) is 10.6 Å². The van der Waals surface area contributed by atoms with Crippen molar-refractivity contribution in [1.82, 2.24) is 5.32 Å². The maximum Gasteiger partial charge on any atom is 0.335 e. The molecule has 0 aliphatic rings. The van der Waals surface area contributed by atoms with Crippen molar-refractivity contribution in [3.05, 3.63) is 65.7 Å². The Labute approximate surface area is 130 Å². The normalized spacial score (nSPS) is 9.18. The minimum absolute atomic E-state index is 0.202. The molecule has 5 nitrogen and oxygen atoms in total. The van der Waals surface area contributed by atoms with Gasteiger partial charge in [-0.2, -0.15) is 0 Å². The van der Waals surface area contributed by atoms with Gasteiger partial charge >= 0.3 is 12.0 Å². The largest absolute Gasteiger partial charge is 0.478 e. The van der Waals surface area contributed by atoms with Crippen LogP contribution in [0.4, 0.5) is 10.5 Å². The molecule has 0 bridgehead atoms. The monoisotopic (exact) mass is 300 g/mol. The maximum atomic E-state index is 11.7. The van der Waals surface area contributed by atoms with E-state index in [-0.39, 0.29) is 18.1 Å². The number of nitrogens with one attached hydrogen (secondary N) is 2. The number of benzene rings is 2. The van der Waals surface area contributed by atoms with Crippen LogP contribution in [0.2, 0.25) is 0 Å². The third-order valence-electron chi connectivity index (χ3n) is 2.66. The summed E-state index contributed by atoms with van der Waals surface area (Å²) < 4.78 is 0. The number of amides is 2. The van der Waals surface area contributed by atoms with E-state index >= 15 is 0 Å². The second-order valence-corrected chi connectivity index (χ2v) is 4.18. The Kier molecular flexibility index (Phi) is 7.19. The number of carbonyl (C=O) groups excluding carboxylic acids is 1. The van der Waals surface area contributed by atoms with Gasteiger partial charge in [0.15, 0.2) is 0 Å². The average molecular weight is 300 g/mol. The van der Waals surface area contributed by atoms with Crippen molar-refractivity contribution in [3.8, 4) is 0 Å². The zero-order chi connectivity index (χ0) is 16.4. The van der Waals surface area contributed by atoms with Crippen molar-refractivity contribution >= 4 is 17.7 Å². The highest BCUT2D eigenvalue weighted by Crippen LogP contribution is 2.06. The first-order chi connectivity index (χ1) is 10.6. The maximum absolute atomic E-state index is 11.7. The van der Waals surface area contributed by atoms with Crippen LogP contribution in [0.25, 0.3) is 0 Å². The number of carboxylic acid groups (broad SMARTS) is 1. The smallest absolute Gasteiger partial charge is 0.335 e. The topological polar surface area (TPSA) is 78.4 Å². The summed E-state index contributed by atoms with van der Waals surface area (Å²) in [5.41, 5.74) is 1.63. The van der Waals surface area contributed by atoms with Gasteiger partial charge in [0.1, 0.15) is 0 Å². The Bertz CT molecular complexity index is 612. The number of urea groups is 1. The highest BCUT2D eigenvalue weighted by Gasteiger charge is 2.05. The second kappa shape index (κ2) is 9.18. The van der Waals surface area contributed by atoms with E-state index in [0.717, 1.165) is 5.56 Å². The lowest BCUT2D eigenvalue weighted by atomic mass is 10.1. The van der Waals surface area contributed by atoms with E-state index in [9.17, 15) is 9.59 Å². The third kappa shape index (κ3) is 5.66. The molecule has 0 aliphatic heterocycles. The summed E-state index contributed by atoms with van der Waals surface area (Å²) in [7, 11) is 0. The minimum Gasteiger partial charge on any atom is -0.478 e. The quantitative estimate of drug-likeness (QED) is 0.805. The summed E-state index contributed by atoms with van der Waals surface area (Å²) in [4.78, 5) is 22.5. The molecule has 22 heavy (non-hydrogen) atoms. The lowest BCUT2D eigenvalue weighted by molar-refractivity contribution is 0.0696. The van der Waals surface area contributed by atoms with Crippen LogP contribution in [0, 0.1) is 0 Å². The van der Waals surface area contributed by atoms with E-state index in [1.807, 2.05) is 32.0 Å². The molecule has 0 fully saturated rings. The van der Waals surface area contributed by atoms with E-state index in [0.29, 0.717) is 5.69 Å². The molecule has 116 valence electrons. The van der Waals surface area contributed by atoms with Crippen LogP contribution in [0.15, 0.2) is 54.6 Å². The van der Waals surface area contributed by atoms with Gasteiger partial charge in [-0.05, 0) is 29.8 Å². The van der Waals surface area contributed by atoms with Gasteiger partial charge in [-0.1, -0.05) is 44.2 Å². The lowest BCUT2D eigenvalue weighted by Crippen LogP contribution is -2.28. The van der Waals surface area contributed by atoms with Crippen LogP contribution < -0.4 is 10.6 Å². The fraction of sp³-hybridized carbons (Fsp3) is 0.176. The Morgan fingerprint density at radius 2 is 1.68 bits per heavy atom. The van der Waals surface area contributed by atoms with Crippen LogP contribution in [0.1, 0.15) is 29.8 Å². The molecule has 2 rings (SSSR count). The van der Waals surface area contributed by atoms with Crippen molar-refractivity contribution < 1.29 is 14.7 Å². The summed E-state index contributed by atoms with van der Waals surface area (Å²) in [6, 6.07) is 15.2. The SMILES string of the molecule is CC.O=C(NCc1cccc(C(=O)O)c1)Nc1ccccc1. The molecule has 3 N–H and O–H groups in total. The van der Waals surface area contributed by atoms with E-state index in [1.54, 1.807) is 24.3 Å². The average Bonchev–Trinajstić information content (AvgIpc) is 2.56. The molecule has 0 aromatic heterocycles. The standard InChI is InChI=1S/C15H14N2O3.C2H6/c18-14(19)12-6-4-5-11(9-12)10-16-15(20)17-13-7-2-1-3-8-13;1-2/h1-9H,10H2,(H,18,19)(H2,16,17,20);1-2H3. The molecule has 2 aromatic carbocycles. The molecule has 0 radical (unpaired) electrons. The molecular weight excluding hydrogens is 280 g/mol. The summed E-state index contributed by atoms with van der Waals surface area (Å²) in [5.74, 6) is -0.986. The number of carbonyl (C=O) groups is 2. The Morgan fingerprint density at radius 1 is 1.00 bits per heavy atom. The van der Waals surface area contributed by atoms with Crippen LogP contribution >= 0.6 is 0 Å². The third-order valence-corrected chi connectivity index (χ3v) is 2.66. The first-order valence-corrected chi connectivity index (χ1v) is 7.07. The Morgan fingerprint density at radius 3 is 2.32 bits per heavy atom. The van der Waals surface area contributed by atoms with Crippen molar-refractivity contribution in [1.29, 1.82) is 0 Å². The molecular formula is C17H20N2O3. The number of hydrogen-bond acceptors (Lipinski definition) is 2.